The zero-order chi connectivity index (χ0) is 15.5. The Balaban J connectivity index is 2.18. The van der Waals surface area contributed by atoms with E-state index in [1.807, 2.05) is 48.0 Å². The van der Waals surface area contributed by atoms with E-state index < -0.39 is 0 Å². The van der Waals surface area contributed by atoms with Crippen molar-refractivity contribution in [3.63, 3.8) is 0 Å². The van der Waals surface area contributed by atoms with Gasteiger partial charge >= 0.3 is 0 Å². The molecule has 1 N–H and O–H groups in total. The van der Waals surface area contributed by atoms with Gasteiger partial charge in [0, 0.05) is 5.69 Å². The van der Waals surface area contributed by atoms with Gasteiger partial charge in [-0.15, -0.1) is 0 Å². The van der Waals surface area contributed by atoms with E-state index in [4.69, 9.17) is 5.10 Å². The van der Waals surface area contributed by atoms with E-state index in [1.165, 1.54) is 0 Å². The number of benzene rings is 1. The van der Waals surface area contributed by atoms with Crippen LogP contribution in [0.2, 0.25) is 0 Å². The van der Waals surface area contributed by atoms with E-state index in [9.17, 15) is 4.79 Å². The maximum Gasteiger partial charge on any atom is 0.259 e. The molecule has 1 aromatic carbocycles. The molecule has 0 atom stereocenters. The van der Waals surface area contributed by atoms with Crippen LogP contribution in [0.4, 0.5) is 0 Å². The molecule has 0 aliphatic carbocycles. The fraction of sp³-hybridized carbons (Fsp3) is 0.333. The Hall–Kier alpha value is -2.36. The Bertz CT molecular complexity index is 831. The van der Waals surface area contributed by atoms with Crippen molar-refractivity contribution in [2.45, 2.75) is 39.5 Å². The van der Waals surface area contributed by atoms with Gasteiger partial charge in [-0.05, 0) is 38.0 Å². The van der Waals surface area contributed by atoms with Crippen molar-refractivity contribution in [2.24, 2.45) is 0 Å². The Morgan fingerprint density at radius 1 is 1.18 bits per heavy atom. The van der Waals surface area contributed by atoms with Gasteiger partial charge in [0.2, 0.25) is 0 Å². The molecule has 114 valence electrons. The van der Waals surface area contributed by atoms with Crippen molar-refractivity contribution in [1.82, 2.24) is 14.8 Å². The number of aryl methyl sites for hydroxylation is 2. The molecule has 0 unspecified atom stereocenters. The van der Waals surface area contributed by atoms with Gasteiger partial charge in [0.1, 0.15) is 0 Å². The average molecular weight is 295 g/mol. The number of hydrogen-bond acceptors (Lipinski definition) is 2. The molecule has 2 heterocycles. The highest BCUT2D eigenvalue weighted by molar-refractivity contribution is 5.83. The number of aromatic nitrogens is 3. The maximum atomic E-state index is 12.4. The molecule has 0 amide bonds. The van der Waals surface area contributed by atoms with Crippen LogP contribution in [0.1, 0.15) is 37.6 Å². The lowest BCUT2D eigenvalue weighted by Crippen LogP contribution is -2.08. The van der Waals surface area contributed by atoms with E-state index in [-0.39, 0.29) is 5.56 Å². The molecule has 0 spiro atoms. The van der Waals surface area contributed by atoms with Crippen LogP contribution in [-0.4, -0.2) is 14.8 Å². The molecule has 4 nitrogen and oxygen atoms in total. The second-order valence-electron chi connectivity index (χ2n) is 5.69. The second-order valence-corrected chi connectivity index (χ2v) is 5.69. The lowest BCUT2D eigenvalue weighted by atomic mass is 10.1. The van der Waals surface area contributed by atoms with Crippen molar-refractivity contribution >= 4 is 10.9 Å². The highest BCUT2D eigenvalue weighted by Gasteiger charge is 2.15. The molecule has 3 rings (SSSR count). The molecule has 0 saturated carbocycles. The van der Waals surface area contributed by atoms with E-state index in [0.717, 1.165) is 53.7 Å². The van der Waals surface area contributed by atoms with Crippen LogP contribution in [0, 0.1) is 6.92 Å². The molecule has 0 saturated heterocycles. The Morgan fingerprint density at radius 3 is 2.68 bits per heavy atom. The van der Waals surface area contributed by atoms with Crippen LogP contribution in [-0.2, 0) is 6.42 Å². The second kappa shape index (κ2) is 6.18. The van der Waals surface area contributed by atoms with Crippen molar-refractivity contribution in [3.8, 4) is 5.69 Å². The SMILES string of the molecule is CCCCCc1nn(-c2ccccc2)c2cc(C)[nH]c(=O)c12. The number of unbranched alkanes of at least 4 members (excludes halogenated alkanes) is 2. The first-order valence-electron chi connectivity index (χ1n) is 7.87. The standard InChI is InChI=1S/C18H21N3O/c1-3-4-6-11-15-17-16(12-13(2)19-18(17)22)21(20-15)14-9-7-5-8-10-14/h5,7-10,12H,3-4,6,11H2,1-2H3,(H,19,22). The van der Waals surface area contributed by atoms with Gasteiger partial charge in [0.15, 0.2) is 0 Å². The van der Waals surface area contributed by atoms with Crippen molar-refractivity contribution in [1.29, 1.82) is 0 Å². The van der Waals surface area contributed by atoms with Crippen LogP contribution in [0.25, 0.3) is 16.6 Å². The summed E-state index contributed by atoms with van der Waals surface area (Å²) < 4.78 is 1.89. The number of nitrogens with zero attached hydrogens (tertiary/aromatic N) is 2. The zero-order valence-electron chi connectivity index (χ0n) is 13.1. The van der Waals surface area contributed by atoms with E-state index in [2.05, 4.69) is 11.9 Å². The Labute approximate surface area is 129 Å². The van der Waals surface area contributed by atoms with Crippen LogP contribution >= 0.6 is 0 Å². The predicted molar refractivity (Wildman–Crippen MR) is 89.7 cm³/mol. The molecular weight excluding hydrogens is 274 g/mol. The first kappa shape index (κ1) is 14.6. The number of aromatic amines is 1. The van der Waals surface area contributed by atoms with Gasteiger partial charge in [-0.1, -0.05) is 38.0 Å². The third kappa shape index (κ3) is 2.69. The maximum absolute atomic E-state index is 12.4. The summed E-state index contributed by atoms with van der Waals surface area (Å²) in [5.74, 6) is 0. The molecule has 0 bridgehead atoms. The summed E-state index contributed by atoms with van der Waals surface area (Å²) in [5, 5.41) is 5.46. The number of hydrogen-bond donors (Lipinski definition) is 1. The molecular formula is C18H21N3O. The molecule has 4 heteroatoms. The summed E-state index contributed by atoms with van der Waals surface area (Å²) >= 11 is 0. The minimum absolute atomic E-state index is 0.0383. The normalized spacial score (nSPS) is 11.2. The number of pyridine rings is 1. The molecule has 0 fully saturated rings. The number of nitrogens with one attached hydrogen (secondary N) is 1. The van der Waals surface area contributed by atoms with Gasteiger partial charge in [-0.3, -0.25) is 4.79 Å². The number of para-hydroxylation sites is 1. The molecule has 0 aliphatic rings. The van der Waals surface area contributed by atoms with E-state index in [1.54, 1.807) is 0 Å². The van der Waals surface area contributed by atoms with Crippen molar-refractivity contribution in [2.75, 3.05) is 0 Å². The van der Waals surface area contributed by atoms with E-state index >= 15 is 0 Å². The van der Waals surface area contributed by atoms with Crippen molar-refractivity contribution in [3.05, 3.63) is 58.1 Å². The van der Waals surface area contributed by atoms with Gasteiger partial charge < -0.3 is 4.98 Å². The monoisotopic (exact) mass is 295 g/mol. The fourth-order valence-electron chi connectivity index (χ4n) is 2.83. The molecule has 0 aliphatic heterocycles. The molecule has 22 heavy (non-hydrogen) atoms. The molecule has 2 aromatic heterocycles. The average Bonchev–Trinajstić information content (AvgIpc) is 2.87. The van der Waals surface area contributed by atoms with Crippen molar-refractivity contribution < 1.29 is 0 Å². The first-order valence-corrected chi connectivity index (χ1v) is 7.87. The van der Waals surface area contributed by atoms with Crippen LogP contribution in [0.3, 0.4) is 0 Å². The smallest absolute Gasteiger partial charge is 0.259 e. The summed E-state index contributed by atoms with van der Waals surface area (Å²) in [6, 6.07) is 12.0. The van der Waals surface area contributed by atoms with Crippen LogP contribution in [0.5, 0.6) is 0 Å². The summed E-state index contributed by atoms with van der Waals surface area (Å²) in [6.45, 7) is 4.08. The Morgan fingerprint density at radius 2 is 1.95 bits per heavy atom. The highest BCUT2D eigenvalue weighted by Crippen LogP contribution is 2.21. The predicted octanol–water partition coefficient (Wildman–Crippen LogP) is 3.75. The summed E-state index contributed by atoms with van der Waals surface area (Å²) in [4.78, 5) is 15.3. The third-order valence-corrected chi connectivity index (χ3v) is 3.90. The minimum Gasteiger partial charge on any atom is -0.326 e. The lowest BCUT2D eigenvalue weighted by molar-refractivity contribution is 0.700. The summed E-state index contributed by atoms with van der Waals surface area (Å²) in [5.41, 5.74) is 3.59. The number of H-pyrrole nitrogens is 1. The van der Waals surface area contributed by atoms with E-state index in [0.29, 0.717) is 0 Å². The lowest BCUT2D eigenvalue weighted by Gasteiger charge is -2.03. The fourth-order valence-corrected chi connectivity index (χ4v) is 2.83. The van der Waals surface area contributed by atoms with Gasteiger partial charge in [-0.2, -0.15) is 5.10 Å². The third-order valence-electron chi connectivity index (χ3n) is 3.90. The number of fused-ring (bicyclic) bond motifs is 1. The largest absolute Gasteiger partial charge is 0.326 e. The zero-order valence-corrected chi connectivity index (χ0v) is 13.1. The van der Waals surface area contributed by atoms with Crippen LogP contribution in [0.15, 0.2) is 41.2 Å². The van der Waals surface area contributed by atoms with Gasteiger partial charge in [0.25, 0.3) is 5.56 Å². The Kier molecular flexibility index (Phi) is 4.09. The topological polar surface area (TPSA) is 50.7 Å². The van der Waals surface area contributed by atoms with Gasteiger partial charge in [0.05, 0.1) is 22.3 Å². The number of rotatable bonds is 5. The molecule has 3 aromatic rings. The highest BCUT2D eigenvalue weighted by atomic mass is 16.1. The first-order chi connectivity index (χ1) is 10.7. The summed E-state index contributed by atoms with van der Waals surface area (Å²) in [6.07, 6.45) is 4.22. The van der Waals surface area contributed by atoms with Gasteiger partial charge in [-0.25, -0.2) is 4.68 Å². The summed E-state index contributed by atoms with van der Waals surface area (Å²) in [7, 11) is 0. The van der Waals surface area contributed by atoms with Crippen LogP contribution < -0.4 is 5.56 Å². The quantitative estimate of drug-likeness (QED) is 0.729. The minimum atomic E-state index is -0.0383. The molecule has 0 radical (unpaired) electrons.